The van der Waals surface area contributed by atoms with Crippen LogP contribution < -0.4 is 15.0 Å². The second-order valence-corrected chi connectivity index (χ2v) is 5.68. The van der Waals surface area contributed by atoms with Gasteiger partial charge in [-0.25, -0.2) is 0 Å². The van der Waals surface area contributed by atoms with Crippen molar-refractivity contribution < 1.29 is 4.74 Å². The summed E-state index contributed by atoms with van der Waals surface area (Å²) in [5, 5.41) is 3.63. The number of anilines is 1. The van der Waals surface area contributed by atoms with Gasteiger partial charge in [-0.2, -0.15) is 0 Å². The summed E-state index contributed by atoms with van der Waals surface area (Å²) in [5.41, 5.74) is 4.13. The number of benzene rings is 1. The third-order valence-electron chi connectivity index (χ3n) is 4.51. The molecule has 1 fully saturated rings. The van der Waals surface area contributed by atoms with Crippen LogP contribution in [0.5, 0.6) is 5.75 Å². The summed E-state index contributed by atoms with van der Waals surface area (Å²) < 4.78 is 5.75. The molecule has 1 unspecified atom stereocenters. The van der Waals surface area contributed by atoms with E-state index >= 15 is 0 Å². The molecule has 0 spiro atoms. The molecule has 2 heterocycles. The number of likely N-dealkylation sites (N-methyl/N-ethyl adjacent to an activating group) is 1. The van der Waals surface area contributed by atoms with Crippen LogP contribution in [0.4, 0.5) is 5.69 Å². The van der Waals surface area contributed by atoms with Gasteiger partial charge >= 0.3 is 0 Å². The van der Waals surface area contributed by atoms with Crippen LogP contribution in [-0.2, 0) is 12.0 Å². The maximum atomic E-state index is 5.75. The van der Waals surface area contributed by atoms with E-state index in [9.17, 15) is 0 Å². The Bertz CT molecular complexity index is 464. The van der Waals surface area contributed by atoms with Crippen molar-refractivity contribution in [2.45, 2.75) is 31.7 Å². The van der Waals surface area contributed by atoms with E-state index in [1.807, 2.05) is 0 Å². The average molecular weight is 246 g/mol. The van der Waals surface area contributed by atoms with E-state index in [1.54, 1.807) is 7.11 Å². The van der Waals surface area contributed by atoms with Crippen LogP contribution in [0.3, 0.4) is 0 Å². The molecule has 0 radical (unpaired) electrons. The molecule has 0 aromatic heterocycles. The fourth-order valence-electron chi connectivity index (χ4n) is 3.41. The fourth-order valence-corrected chi connectivity index (χ4v) is 3.41. The number of methoxy groups -OCH3 is 1. The minimum atomic E-state index is 0.0849. The second-order valence-electron chi connectivity index (χ2n) is 5.68. The summed E-state index contributed by atoms with van der Waals surface area (Å²) in [7, 11) is 3.95. The molecule has 2 aliphatic rings. The van der Waals surface area contributed by atoms with E-state index < -0.39 is 0 Å². The summed E-state index contributed by atoms with van der Waals surface area (Å²) >= 11 is 0. The van der Waals surface area contributed by atoms with Crippen LogP contribution in [0, 0.1) is 0 Å². The third-order valence-corrected chi connectivity index (χ3v) is 4.51. The topological polar surface area (TPSA) is 24.5 Å². The van der Waals surface area contributed by atoms with Gasteiger partial charge in [-0.05, 0) is 38.8 Å². The van der Waals surface area contributed by atoms with Crippen LogP contribution >= 0.6 is 0 Å². The second kappa shape index (κ2) is 4.16. The molecule has 1 saturated heterocycles. The van der Waals surface area contributed by atoms with E-state index in [0.29, 0.717) is 0 Å². The highest BCUT2D eigenvalue weighted by molar-refractivity contribution is 5.66. The van der Waals surface area contributed by atoms with E-state index in [0.717, 1.165) is 25.3 Å². The number of rotatable bonds is 2. The van der Waals surface area contributed by atoms with Gasteiger partial charge in [0, 0.05) is 35.9 Å². The van der Waals surface area contributed by atoms with Crippen molar-refractivity contribution in [2.24, 2.45) is 0 Å². The lowest BCUT2D eigenvalue weighted by molar-refractivity contribution is 0.368. The monoisotopic (exact) mass is 246 g/mol. The van der Waals surface area contributed by atoms with Gasteiger partial charge in [-0.15, -0.1) is 0 Å². The van der Waals surface area contributed by atoms with Crippen molar-refractivity contribution in [3.63, 3.8) is 0 Å². The molecule has 3 rings (SSSR count). The van der Waals surface area contributed by atoms with Crippen LogP contribution in [-0.4, -0.2) is 27.2 Å². The Morgan fingerprint density at radius 3 is 2.89 bits per heavy atom. The number of hydrogen-bond donors (Lipinski definition) is 1. The molecule has 3 heteroatoms. The lowest BCUT2D eigenvalue weighted by atomic mass is 9.88. The Morgan fingerprint density at radius 1 is 1.39 bits per heavy atom. The van der Waals surface area contributed by atoms with Crippen molar-refractivity contribution >= 4 is 5.69 Å². The van der Waals surface area contributed by atoms with E-state index in [4.69, 9.17) is 4.74 Å². The normalized spacial score (nSPS) is 26.5. The predicted octanol–water partition coefficient (Wildman–Crippen LogP) is 2.29. The van der Waals surface area contributed by atoms with Crippen LogP contribution in [0.25, 0.3) is 0 Å². The number of fused-ring (bicyclic) bond motifs is 1. The standard InChI is InChI=1S/C15H22N2O/c1-15(8-4-9-16-15)12-5-6-13-11(14(12)18-3)7-10-17(13)2/h5-6,16H,4,7-10H2,1-3H3. The quantitative estimate of drug-likeness (QED) is 0.866. The Labute approximate surface area is 109 Å². The molecule has 2 aliphatic heterocycles. The maximum Gasteiger partial charge on any atom is 0.129 e. The summed E-state index contributed by atoms with van der Waals surface area (Å²) in [6, 6.07) is 4.50. The SMILES string of the molecule is COc1c(C2(C)CCCN2)ccc2c1CCN2C. The first-order valence-electron chi connectivity index (χ1n) is 6.82. The molecule has 0 saturated carbocycles. The lowest BCUT2D eigenvalue weighted by Gasteiger charge is -2.28. The highest BCUT2D eigenvalue weighted by atomic mass is 16.5. The summed E-state index contributed by atoms with van der Waals surface area (Å²) in [5.74, 6) is 1.11. The highest BCUT2D eigenvalue weighted by Crippen LogP contribution is 2.43. The van der Waals surface area contributed by atoms with Gasteiger partial charge in [0.2, 0.25) is 0 Å². The maximum absolute atomic E-state index is 5.75. The van der Waals surface area contributed by atoms with Crippen molar-refractivity contribution in [2.75, 3.05) is 32.1 Å². The molecule has 18 heavy (non-hydrogen) atoms. The molecule has 1 aromatic rings. The summed E-state index contributed by atoms with van der Waals surface area (Å²) in [6.45, 7) is 4.50. The zero-order valence-corrected chi connectivity index (χ0v) is 11.5. The Kier molecular flexibility index (Phi) is 2.74. The van der Waals surface area contributed by atoms with Gasteiger partial charge in [0.25, 0.3) is 0 Å². The molecular weight excluding hydrogens is 224 g/mol. The minimum absolute atomic E-state index is 0.0849. The molecule has 1 N–H and O–H groups in total. The molecule has 0 amide bonds. The molecule has 98 valence electrons. The summed E-state index contributed by atoms with van der Waals surface area (Å²) in [4.78, 5) is 2.31. The molecule has 0 aliphatic carbocycles. The van der Waals surface area contributed by atoms with Crippen molar-refractivity contribution in [1.82, 2.24) is 5.32 Å². The number of nitrogens with one attached hydrogen (secondary N) is 1. The smallest absolute Gasteiger partial charge is 0.129 e. The van der Waals surface area contributed by atoms with E-state index in [2.05, 4.69) is 36.3 Å². The molecule has 1 atom stereocenters. The molecular formula is C15H22N2O. The van der Waals surface area contributed by atoms with Crippen LogP contribution in [0.1, 0.15) is 30.9 Å². The minimum Gasteiger partial charge on any atom is -0.496 e. The van der Waals surface area contributed by atoms with Crippen LogP contribution in [0.2, 0.25) is 0 Å². The first-order chi connectivity index (χ1) is 8.65. The van der Waals surface area contributed by atoms with Crippen molar-refractivity contribution in [3.8, 4) is 5.75 Å². The number of ether oxygens (including phenoxy) is 1. The zero-order chi connectivity index (χ0) is 12.8. The number of nitrogens with zero attached hydrogens (tertiary/aromatic N) is 1. The van der Waals surface area contributed by atoms with Gasteiger partial charge in [0.05, 0.1) is 7.11 Å². The van der Waals surface area contributed by atoms with Gasteiger partial charge < -0.3 is 15.0 Å². The highest BCUT2D eigenvalue weighted by Gasteiger charge is 2.35. The fraction of sp³-hybridized carbons (Fsp3) is 0.600. The van der Waals surface area contributed by atoms with Gasteiger partial charge in [-0.3, -0.25) is 0 Å². The van der Waals surface area contributed by atoms with E-state index in [-0.39, 0.29) is 5.54 Å². The molecule has 0 bridgehead atoms. The van der Waals surface area contributed by atoms with Crippen molar-refractivity contribution in [3.05, 3.63) is 23.3 Å². The number of hydrogen-bond acceptors (Lipinski definition) is 3. The Balaban J connectivity index is 2.11. The zero-order valence-electron chi connectivity index (χ0n) is 11.5. The van der Waals surface area contributed by atoms with Crippen LogP contribution in [0.15, 0.2) is 12.1 Å². The first kappa shape index (κ1) is 11.8. The van der Waals surface area contributed by atoms with Gasteiger partial charge in [0.1, 0.15) is 5.75 Å². The Hall–Kier alpha value is -1.22. The van der Waals surface area contributed by atoms with E-state index in [1.165, 1.54) is 29.7 Å². The third kappa shape index (κ3) is 1.61. The van der Waals surface area contributed by atoms with Gasteiger partial charge in [-0.1, -0.05) is 6.07 Å². The average Bonchev–Trinajstić information content (AvgIpc) is 2.96. The lowest BCUT2D eigenvalue weighted by Crippen LogP contribution is -2.33. The first-order valence-corrected chi connectivity index (χ1v) is 6.82. The summed E-state index contributed by atoms with van der Waals surface area (Å²) in [6.07, 6.45) is 3.54. The molecule has 3 nitrogen and oxygen atoms in total. The predicted molar refractivity (Wildman–Crippen MR) is 74.6 cm³/mol. The Morgan fingerprint density at radius 2 is 2.22 bits per heavy atom. The largest absolute Gasteiger partial charge is 0.496 e. The molecule has 1 aromatic carbocycles. The van der Waals surface area contributed by atoms with Crippen molar-refractivity contribution in [1.29, 1.82) is 0 Å². The van der Waals surface area contributed by atoms with Gasteiger partial charge in [0.15, 0.2) is 0 Å².